The molecule has 1 saturated carbocycles. The molecular formula is C27H38N2O7. The number of rotatable bonds is 9. The standard InChI is InChI=1S/C27H38N2O7/c1-17-9-7-12-20(15-17)34-14-8-13-22-35-21-16-29(24(25(21)36-22)27(32)33-3)26(31)23(28-18(2)30)19-10-5-4-6-11-19/h7,9,12,15,19,21-25H,4-6,8,10-11,13-14,16H2,1-3H3,(H,28,30)/t21-,22-,23-,24-,25-/m0/s1. The number of benzene rings is 1. The van der Waals surface area contributed by atoms with Gasteiger partial charge in [0.1, 0.15) is 24.0 Å². The van der Waals surface area contributed by atoms with Crippen LogP contribution in [0.1, 0.15) is 57.4 Å². The fourth-order valence-electron chi connectivity index (χ4n) is 5.61. The number of amides is 2. The van der Waals surface area contributed by atoms with E-state index in [1.54, 1.807) is 0 Å². The van der Waals surface area contributed by atoms with Gasteiger partial charge in [-0.1, -0.05) is 31.4 Å². The van der Waals surface area contributed by atoms with Gasteiger partial charge in [0.05, 0.1) is 20.3 Å². The maximum Gasteiger partial charge on any atom is 0.331 e. The normalized spacial score (nSPS) is 26.8. The van der Waals surface area contributed by atoms with Crippen LogP contribution in [0.2, 0.25) is 0 Å². The number of nitrogens with one attached hydrogen (secondary N) is 1. The van der Waals surface area contributed by atoms with Crippen molar-refractivity contribution in [3.05, 3.63) is 29.8 Å². The van der Waals surface area contributed by atoms with Crippen molar-refractivity contribution in [2.45, 2.75) is 89.4 Å². The van der Waals surface area contributed by atoms with Crippen LogP contribution in [0.4, 0.5) is 0 Å². The van der Waals surface area contributed by atoms with E-state index in [0.29, 0.717) is 13.0 Å². The zero-order chi connectivity index (χ0) is 25.7. The molecule has 9 heteroatoms. The van der Waals surface area contributed by atoms with Gasteiger partial charge in [-0.05, 0) is 49.8 Å². The van der Waals surface area contributed by atoms with E-state index in [-0.39, 0.29) is 24.3 Å². The number of likely N-dealkylation sites (tertiary alicyclic amines) is 1. The van der Waals surface area contributed by atoms with E-state index in [4.69, 9.17) is 18.9 Å². The van der Waals surface area contributed by atoms with E-state index in [2.05, 4.69) is 5.32 Å². The first-order chi connectivity index (χ1) is 17.4. The number of hydrogen-bond donors (Lipinski definition) is 1. The fourth-order valence-corrected chi connectivity index (χ4v) is 5.61. The lowest BCUT2D eigenvalue weighted by Gasteiger charge is -2.34. The van der Waals surface area contributed by atoms with Gasteiger partial charge in [-0.2, -0.15) is 0 Å². The molecule has 0 spiro atoms. The molecular weight excluding hydrogens is 464 g/mol. The Kier molecular flexibility index (Phi) is 8.85. The van der Waals surface area contributed by atoms with Gasteiger partial charge in [0.2, 0.25) is 11.8 Å². The smallest absolute Gasteiger partial charge is 0.331 e. The molecule has 0 radical (unpaired) electrons. The Bertz CT molecular complexity index is 932. The molecule has 0 unspecified atom stereocenters. The zero-order valence-corrected chi connectivity index (χ0v) is 21.4. The minimum Gasteiger partial charge on any atom is -0.494 e. The van der Waals surface area contributed by atoms with Crippen molar-refractivity contribution in [3.63, 3.8) is 0 Å². The first kappa shape index (κ1) is 26.4. The molecule has 5 atom stereocenters. The molecule has 1 aromatic carbocycles. The van der Waals surface area contributed by atoms with Crippen LogP contribution >= 0.6 is 0 Å². The number of ether oxygens (including phenoxy) is 4. The van der Waals surface area contributed by atoms with Gasteiger partial charge in [0.15, 0.2) is 12.3 Å². The van der Waals surface area contributed by atoms with E-state index in [9.17, 15) is 14.4 Å². The lowest BCUT2D eigenvalue weighted by molar-refractivity contribution is -0.160. The average molecular weight is 503 g/mol. The Hall–Kier alpha value is -2.65. The number of nitrogens with zero attached hydrogens (tertiary/aromatic N) is 1. The Labute approximate surface area is 212 Å². The van der Waals surface area contributed by atoms with Gasteiger partial charge in [-0.3, -0.25) is 9.59 Å². The molecule has 9 nitrogen and oxygen atoms in total. The first-order valence-corrected chi connectivity index (χ1v) is 13.0. The second kappa shape index (κ2) is 12.1. The van der Waals surface area contributed by atoms with Crippen LogP contribution < -0.4 is 10.1 Å². The molecule has 0 bridgehead atoms. The minimum absolute atomic E-state index is 0.0527. The second-order valence-corrected chi connectivity index (χ2v) is 10.0. The Balaban J connectivity index is 1.36. The molecule has 2 heterocycles. The lowest BCUT2D eigenvalue weighted by Crippen LogP contribution is -2.56. The van der Waals surface area contributed by atoms with Gasteiger partial charge in [-0.25, -0.2) is 4.79 Å². The van der Waals surface area contributed by atoms with E-state index >= 15 is 0 Å². The molecule has 3 aliphatic rings. The summed E-state index contributed by atoms with van der Waals surface area (Å²) in [7, 11) is 1.31. The van der Waals surface area contributed by atoms with Crippen LogP contribution in [-0.4, -0.2) is 73.5 Å². The van der Waals surface area contributed by atoms with Gasteiger partial charge < -0.3 is 29.2 Å². The van der Waals surface area contributed by atoms with Crippen molar-refractivity contribution in [3.8, 4) is 5.75 Å². The quantitative estimate of drug-likeness (QED) is 0.409. The zero-order valence-electron chi connectivity index (χ0n) is 21.4. The Morgan fingerprint density at radius 1 is 1.17 bits per heavy atom. The summed E-state index contributed by atoms with van der Waals surface area (Å²) < 4.78 is 23.1. The molecule has 2 saturated heterocycles. The van der Waals surface area contributed by atoms with Crippen molar-refractivity contribution >= 4 is 17.8 Å². The highest BCUT2D eigenvalue weighted by molar-refractivity contribution is 5.91. The van der Waals surface area contributed by atoms with Crippen molar-refractivity contribution in [2.75, 3.05) is 20.3 Å². The van der Waals surface area contributed by atoms with Crippen LogP contribution in [0, 0.1) is 12.8 Å². The molecule has 1 aromatic rings. The largest absolute Gasteiger partial charge is 0.494 e. The number of esters is 1. The molecule has 2 aliphatic heterocycles. The molecule has 0 aromatic heterocycles. The molecule has 36 heavy (non-hydrogen) atoms. The highest BCUT2D eigenvalue weighted by atomic mass is 16.7. The third-order valence-electron chi connectivity index (χ3n) is 7.34. The third kappa shape index (κ3) is 6.18. The number of hydrogen-bond acceptors (Lipinski definition) is 7. The minimum atomic E-state index is -0.902. The lowest BCUT2D eigenvalue weighted by atomic mass is 9.83. The summed E-state index contributed by atoms with van der Waals surface area (Å²) in [6, 6.07) is 6.32. The maximum atomic E-state index is 13.7. The van der Waals surface area contributed by atoms with Crippen LogP contribution in [0.15, 0.2) is 24.3 Å². The summed E-state index contributed by atoms with van der Waals surface area (Å²) in [4.78, 5) is 39.9. The van der Waals surface area contributed by atoms with Crippen molar-refractivity contribution in [1.29, 1.82) is 0 Å². The topological polar surface area (TPSA) is 103 Å². The van der Waals surface area contributed by atoms with Gasteiger partial charge >= 0.3 is 5.97 Å². The fraction of sp³-hybridized carbons (Fsp3) is 0.667. The monoisotopic (exact) mass is 502 g/mol. The third-order valence-corrected chi connectivity index (χ3v) is 7.34. The Morgan fingerprint density at radius 3 is 2.64 bits per heavy atom. The number of carbonyl (C=O) groups excluding carboxylic acids is 3. The summed E-state index contributed by atoms with van der Waals surface area (Å²) in [5.41, 5.74) is 1.14. The van der Waals surface area contributed by atoms with Gasteiger partial charge in [0, 0.05) is 13.3 Å². The molecule has 198 valence electrons. The maximum absolute atomic E-state index is 13.7. The van der Waals surface area contributed by atoms with Crippen LogP contribution in [-0.2, 0) is 28.6 Å². The summed E-state index contributed by atoms with van der Waals surface area (Å²) in [6.07, 6.45) is 4.76. The second-order valence-electron chi connectivity index (χ2n) is 10.0. The van der Waals surface area contributed by atoms with E-state index < -0.39 is 36.6 Å². The van der Waals surface area contributed by atoms with Crippen LogP contribution in [0.5, 0.6) is 5.75 Å². The molecule has 4 rings (SSSR count). The number of aryl methyl sites for hydroxylation is 1. The highest BCUT2D eigenvalue weighted by Crippen LogP contribution is 2.36. The van der Waals surface area contributed by atoms with E-state index in [0.717, 1.165) is 49.8 Å². The van der Waals surface area contributed by atoms with Crippen molar-refractivity contribution < 1.29 is 33.3 Å². The van der Waals surface area contributed by atoms with Crippen molar-refractivity contribution in [2.24, 2.45) is 5.92 Å². The molecule has 1 aliphatic carbocycles. The van der Waals surface area contributed by atoms with E-state index in [1.807, 2.05) is 31.2 Å². The summed E-state index contributed by atoms with van der Waals surface area (Å²) >= 11 is 0. The van der Waals surface area contributed by atoms with Crippen LogP contribution in [0.3, 0.4) is 0 Å². The summed E-state index contributed by atoms with van der Waals surface area (Å²) in [6.45, 7) is 4.18. The van der Waals surface area contributed by atoms with E-state index in [1.165, 1.54) is 18.9 Å². The molecule has 3 fully saturated rings. The first-order valence-electron chi connectivity index (χ1n) is 13.0. The average Bonchev–Trinajstić information content (AvgIpc) is 3.42. The molecule has 1 N–H and O–H groups in total. The predicted molar refractivity (Wildman–Crippen MR) is 131 cm³/mol. The Morgan fingerprint density at radius 2 is 1.94 bits per heavy atom. The molecule has 2 amide bonds. The summed E-state index contributed by atoms with van der Waals surface area (Å²) in [5, 5.41) is 2.85. The van der Waals surface area contributed by atoms with Gasteiger partial charge in [-0.15, -0.1) is 0 Å². The van der Waals surface area contributed by atoms with Crippen LogP contribution in [0.25, 0.3) is 0 Å². The summed E-state index contributed by atoms with van der Waals surface area (Å²) in [5.74, 6) is -0.178. The predicted octanol–water partition coefficient (Wildman–Crippen LogP) is 2.73. The SMILES string of the molecule is COC(=O)[C@@H]1[C@H]2O[C@@H](CCCOc3cccc(C)c3)O[C@H]2CN1C(=O)[C@@H](NC(C)=O)C1CCCCC1. The highest BCUT2D eigenvalue weighted by Gasteiger charge is 2.56. The number of methoxy groups -OCH3 is 1. The number of carbonyl (C=O) groups is 3. The van der Waals surface area contributed by atoms with Gasteiger partial charge in [0.25, 0.3) is 0 Å². The van der Waals surface area contributed by atoms with Crippen molar-refractivity contribution in [1.82, 2.24) is 10.2 Å². The number of fused-ring (bicyclic) bond motifs is 1.